The predicted molar refractivity (Wildman–Crippen MR) is 89.7 cm³/mol. The van der Waals surface area contributed by atoms with E-state index in [4.69, 9.17) is 9.26 Å². The quantitative estimate of drug-likeness (QED) is 0.631. The topological polar surface area (TPSA) is 47.6 Å². The summed E-state index contributed by atoms with van der Waals surface area (Å²) >= 11 is 0. The van der Waals surface area contributed by atoms with Crippen LogP contribution in [0.5, 0.6) is 5.75 Å². The van der Waals surface area contributed by atoms with Crippen LogP contribution in [0, 0.1) is 5.41 Å². The Morgan fingerprint density at radius 3 is 2.38 bits per heavy atom. The van der Waals surface area contributed by atoms with Crippen LogP contribution in [0.4, 0.5) is 0 Å². The Labute approximate surface area is 130 Å². The average molecular weight is 313 g/mol. The summed E-state index contributed by atoms with van der Waals surface area (Å²) in [5.74, 6) is 0.551. The minimum Gasteiger partial charge on any atom is -0.464 e. The fraction of sp³-hybridized carbons (Fsp3) is 0.562. The van der Waals surface area contributed by atoms with Crippen LogP contribution in [-0.2, 0) is 9.53 Å². The molecule has 2 unspecified atom stereocenters. The van der Waals surface area contributed by atoms with E-state index in [2.05, 4.69) is 5.09 Å². The number of carbonyl (C=O) groups excluding carboxylic acids is 1. The molecule has 1 N–H and O–H groups in total. The number of para-hydroxylation sites is 1. The first-order chi connectivity index (χ1) is 9.28. The molecule has 5 heteroatoms. The van der Waals surface area contributed by atoms with Gasteiger partial charge in [0.05, 0.1) is 6.61 Å². The first kappa shape index (κ1) is 19.9. The van der Waals surface area contributed by atoms with Gasteiger partial charge in [0.25, 0.3) is 0 Å². The van der Waals surface area contributed by atoms with Crippen molar-refractivity contribution in [1.29, 1.82) is 0 Å². The fourth-order valence-electron chi connectivity index (χ4n) is 1.40. The maximum atomic E-state index is 11.8. The average Bonchev–Trinajstić information content (AvgIpc) is 2.36. The largest absolute Gasteiger partial charge is 0.464 e. The van der Waals surface area contributed by atoms with Crippen molar-refractivity contribution in [1.82, 2.24) is 5.09 Å². The highest BCUT2D eigenvalue weighted by molar-refractivity contribution is 7.49. The Bertz CT molecular complexity index is 417. The van der Waals surface area contributed by atoms with Crippen molar-refractivity contribution in [3.63, 3.8) is 0 Å². The second-order valence-electron chi connectivity index (χ2n) is 5.92. The van der Waals surface area contributed by atoms with Gasteiger partial charge in [0.1, 0.15) is 11.8 Å². The summed E-state index contributed by atoms with van der Waals surface area (Å²) in [6.07, 6.45) is 0. The Hall–Kier alpha value is -1.12. The van der Waals surface area contributed by atoms with Crippen molar-refractivity contribution in [3.05, 3.63) is 30.3 Å². The molecule has 0 radical (unpaired) electrons. The van der Waals surface area contributed by atoms with Crippen molar-refractivity contribution >= 4 is 14.3 Å². The van der Waals surface area contributed by atoms with Gasteiger partial charge in [0.2, 0.25) is 0 Å². The number of ether oxygens (including phenoxy) is 1. The zero-order valence-electron chi connectivity index (χ0n) is 12.8. The Morgan fingerprint density at radius 1 is 1.29 bits per heavy atom. The maximum Gasteiger partial charge on any atom is 0.323 e. The van der Waals surface area contributed by atoms with Crippen LogP contribution < -0.4 is 9.61 Å². The number of nitrogens with one attached hydrogen (secondary N) is 1. The molecule has 0 aromatic heterocycles. The molecule has 0 aliphatic heterocycles. The van der Waals surface area contributed by atoms with Gasteiger partial charge in [0.15, 0.2) is 8.30 Å². The minimum atomic E-state index is -0.918. The van der Waals surface area contributed by atoms with Gasteiger partial charge < -0.3 is 9.26 Å². The van der Waals surface area contributed by atoms with Gasteiger partial charge in [-0.1, -0.05) is 46.4 Å². The summed E-state index contributed by atoms with van der Waals surface area (Å²) in [4.78, 5) is 11.8. The smallest absolute Gasteiger partial charge is 0.323 e. The van der Waals surface area contributed by atoms with Gasteiger partial charge in [0, 0.05) is 6.66 Å². The SMILES string of the molecule is C.CC(NP(C)Oc1ccccc1)C(=O)OCC(C)(C)C. The molecule has 1 rings (SSSR count). The fourth-order valence-corrected chi connectivity index (χ4v) is 2.55. The number of rotatable bonds is 6. The Balaban J connectivity index is 0.00000400. The molecule has 0 aliphatic carbocycles. The molecule has 0 heterocycles. The lowest BCUT2D eigenvalue weighted by Crippen LogP contribution is -2.34. The number of benzene rings is 1. The molecule has 0 spiro atoms. The molecule has 0 saturated heterocycles. The third kappa shape index (κ3) is 8.69. The van der Waals surface area contributed by atoms with E-state index in [0.717, 1.165) is 5.75 Å². The maximum absolute atomic E-state index is 11.8. The molecule has 0 fully saturated rings. The van der Waals surface area contributed by atoms with Gasteiger partial charge >= 0.3 is 5.97 Å². The second kappa shape index (κ2) is 9.01. The molecule has 0 bridgehead atoms. The number of hydrogen-bond acceptors (Lipinski definition) is 4. The van der Waals surface area contributed by atoms with Gasteiger partial charge in [-0.05, 0) is 24.5 Å². The lowest BCUT2D eigenvalue weighted by atomic mass is 9.99. The summed E-state index contributed by atoms with van der Waals surface area (Å²) < 4.78 is 11.0. The lowest BCUT2D eigenvalue weighted by Gasteiger charge is -2.22. The second-order valence-corrected chi connectivity index (χ2v) is 7.36. The standard InChI is InChI=1S/C15H24NO3P.CH4/c1-12(14(17)18-11-15(2,3)4)16-20(5)19-13-9-7-6-8-10-13;/h6-10,12,16H,11H2,1-5H3;1H4. The van der Waals surface area contributed by atoms with E-state index in [0.29, 0.717) is 6.61 Å². The first-order valence-electron chi connectivity index (χ1n) is 6.67. The number of esters is 1. The molecular weight excluding hydrogens is 285 g/mol. The molecule has 0 saturated carbocycles. The van der Waals surface area contributed by atoms with Crippen LogP contribution in [0.1, 0.15) is 35.1 Å². The van der Waals surface area contributed by atoms with E-state index in [1.165, 1.54) is 0 Å². The highest BCUT2D eigenvalue weighted by atomic mass is 31.2. The zero-order chi connectivity index (χ0) is 15.2. The van der Waals surface area contributed by atoms with E-state index < -0.39 is 8.30 Å². The zero-order valence-corrected chi connectivity index (χ0v) is 13.7. The normalized spacial score (nSPS) is 13.8. The molecule has 1 aromatic carbocycles. The van der Waals surface area contributed by atoms with E-state index >= 15 is 0 Å². The minimum absolute atomic E-state index is 0. The van der Waals surface area contributed by atoms with Gasteiger partial charge in [-0.3, -0.25) is 9.88 Å². The molecule has 120 valence electrons. The third-order valence-electron chi connectivity index (χ3n) is 2.36. The number of carbonyl (C=O) groups is 1. The van der Waals surface area contributed by atoms with E-state index in [1.54, 1.807) is 6.92 Å². The van der Waals surface area contributed by atoms with E-state index in [9.17, 15) is 4.79 Å². The summed E-state index contributed by atoms with van der Waals surface area (Å²) in [6, 6.07) is 9.17. The van der Waals surface area contributed by atoms with Crippen LogP contribution in [-0.4, -0.2) is 25.3 Å². The summed E-state index contributed by atoms with van der Waals surface area (Å²) in [5.41, 5.74) is -0.0210. The molecule has 1 aromatic rings. The van der Waals surface area contributed by atoms with Crippen molar-refractivity contribution in [2.24, 2.45) is 5.41 Å². The van der Waals surface area contributed by atoms with Gasteiger partial charge in [-0.15, -0.1) is 0 Å². The number of hydrogen-bond donors (Lipinski definition) is 1. The molecule has 4 nitrogen and oxygen atoms in total. The first-order valence-corrected chi connectivity index (χ1v) is 8.38. The summed E-state index contributed by atoms with van der Waals surface area (Å²) in [7, 11) is -0.918. The van der Waals surface area contributed by atoms with E-state index in [1.807, 2.05) is 57.8 Å². The van der Waals surface area contributed by atoms with Crippen molar-refractivity contribution in [2.75, 3.05) is 13.3 Å². The summed E-state index contributed by atoms with van der Waals surface area (Å²) in [6.45, 7) is 10.2. The van der Waals surface area contributed by atoms with Crippen molar-refractivity contribution in [3.8, 4) is 5.75 Å². The predicted octanol–water partition coefficient (Wildman–Crippen LogP) is 4.21. The molecule has 21 heavy (non-hydrogen) atoms. The highest BCUT2D eigenvalue weighted by Crippen LogP contribution is 2.30. The van der Waals surface area contributed by atoms with E-state index in [-0.39, 0.29) is 24.9 Å². The van der Waals surface area contributed by atoms with Crippen LogP contribution in [0.25, 0.3) is 0 Å². The van der Waals surface area contributed by atoms with Gasteiger partial charge in [-0.25, -0.2) is 0 Å². The molecule has 2 atom stereocenters. The Morgan fingerprint density at radius 2 is 1.86 bits per heavy atom. The molecular formula is C16H28NO3P. The molecule has 0 aliphatic rings. The lowest BCUT2D eigenvalue weighted by molar-refractivity contribution is -0.147. The molecule has 0 amide bonds. The monoisotopic (exact) mass is 313 g/mol. The Kier molecular flexibility index (Phi) is 8.53. The summed E-state index contributed by atoms with van der Waals surface area (Å²) in [5, 5.41) is 3.13. The third-order valence-corrected chi connectivity index (χ3v) is 3.60. The van der Waals surface area contributed by atoms with Gasteiger partial charge in [-0.2, -0.15) is 0 Å². The van der Waals surface area contributed by atoms with Crippen LogP contribution in [0.3, 0.4) is 0 Å². The van der Waals surface area contributed by atoms with Crippen molar-refractivity contribution < 1.29 is 14.1 Å². The van der Waals surface area contributed by atoms with Crippen LogP contribution in [0.15, 0.2) is 30.3 Å². The van der Waals surface area contributed by atoms with Crippen LogP contribution >= 0.6 is 8.30 Å². The van der Waals surface area contributed by atoms with Crippen molar-refractivity contribution in [2.45, 2.75) is 41.2 Å². The van der Waals surface area contributed by atoms with Crippen LogP contribution in [0.2, 0.25) is 0 Å². The highest BCUT2D eigenvalue weighted by Gasteiger charge is 2.20.